The summed E-state index contributed by atoms with van der Waals surface area (Å²) in [5, 5.41) is 0. The summed E-state index contributed by atoms with van der Waals surface area (Å²) >= 11 is 0. The maximum Gasteiger partial charge on any atom is 0.242 e. The Labute approximate surface area is 135 Å². The highest BCUT2D eigenvalue weighted by Gasteiger charge is 2.17. The minimum absolute atomic E-state index is 0.217. The molecule has 0 radical (unpaired) electrons. The molecule has 0 amide bonds. The number of allylic oxidation sites excluding steroid dienone is 1. The van der Waals surface area contributed by atoms with E-state index in [1.807, 2.05) is 57.2 Å². The molecule has 0 fully saturated rings. The van der Waals surface area contributed by atoms with Gasteiger partial charge in [0, 0.05) is 6.08 Å². The first-order valence-corrected chi connectivity index (χ1v) is 11.0. The van der Waals surface area contributed by atoms with Crippen LogP contribution in [0, 0.1) is 0 Å². The Balaban J connectivity index is 2.66. The first-order valence-electron chi connectivity index (χ1n) is 7.55. The average Bonchev–Trinajstić information content (AvgIpc) is 2.36. The van der Waals surface area contributed by atoms with E-state index < -0.39 is 8.32 Å². The van der Waals surface area contributed by atoms with Gasteiger partial charge in [-0.2, -0.15) is 0 Å². The molecular formula is C18H28O3Si. The van der Waals surface area contributed by atoms with E-state index in [0.717, 1.165) is 5.56 Å². The largest absolute Gasteiger partial charge is 0.542 e. The van der Waals surface area contributed by atoms with Crippen molar-refractivity contribution in [3.05, 3.63) is 60.3 Å². The van der Waals surface area contributed by atoms with Gasteiger partial charge < -0.3 is 13.9 Å². The summed E-state index contributed by atoms with van der Waals surface area (Å²) in [6.45, 7) is 12.9. The number of rotatable bonds is 7. The first kappa shape index (κ1) is 18.4. The molecule has 0 spiro atoms. The van der Waals surface area contributed by atoms with Crippen LogP contribution in [0.3, 0.4) is 0 Å². The lowest BCUT2D eigenvalue weighted by atomic mass is 10.2. The van der Waals surface area contributed by atoms with Gasteiger partial charge in [-0.15, -0.1) is 0 Å². The van der Waals surface area contributed by atoms with Crippen molar-refractivity contribution in [2.45, 2.75) is 52.6 Å². The van der Waals surface area contributed by atoms with E-state index in [1.54, 1.807) is 12.5 Å². The molecule has 0 bridgehead atoms. The molecule has 0 aliphatic heterocycles. The summed E-state index contributed by atoms with van der Waals surface area (Å²) in [6.07, 6.45) is 5.14. The molecule has 1 aromatic carbocycles. The maximum atomic E-state index is 6.00. The zero-order valence-electron chi connectivity index (χ0n) is 14.6. The summed E-state index contributed by atoms with van der Waals surface area (Å²) in [7, 11) is -1.70. The highest BCUT2D eigenvalue weighted by atomic mass is 28.4. The molecule has 1 rings (SSSR count). The maximum absolute atomic E-state index is 6.00. The Morgan fingerprint density at radius 2 is 1.73 bits per heavy atom. The molecule has 0 aliphatic carbocycles. The van der Waals surface area contributed by atoms with Gasteiger partial charge in [-0.25, -0.2) is 0 Å². The first-order chi connectivity index (χ1) is 10.2. The normalized spacial score (nSPS) is 13.3. The Hall–Kier alpha value is -1.68. The fourth-order valence-corrected chi connectivity index (χ4v) is 2.37. The van der Waals surface area contributed by atoms with Gasteiger partial charge in [-0.05, 0) is 46.0 Å². The zero-order chi connectivity index (χ0) is 16.6. The zero-order valence-corrected chi connectivity index (χ0v) is 15.6. The summed E-state index contributed by atoms with van der Waals surface area (Å²) in [6, 6.07) is 10.1. The standard InChI is InChI=1S/C18H28O3Si/c1-18(2,3)20-13-12-17(21-22(4,5)6)15-19-14-16-10-8-7-9-11-16/h7-13,15H,14H2,1-6H3/b13-12+,17-15-. The Morgan fingerprint density at radius 1 is 1.09 bits per heavy atom. The van der Waals surface area contributed by atoms with Crippen molar-refractivity contribution in [3.63, 3.8) is 0 Å². The number of ether oxygens (including phenoxy) is 2. The second kappa shape index (κ2) is 8.08. The second-order valence-corrected chi connectivity index (χ2v) is 11.5. The highest BCUT2D eigenvalue weighted by Crippen LogP contribution is 2.14. The van der Waals surface area contributed by atoms with Gasteiger partial charge in [0.2, 0.25) is 8.32 Å². The van der Waals surface area contributed by atoms with Crippen molar-refractivity contribution in [2.75, 3.05) is 0 Å². The van der Waals surface area contributed by atoms with Crippen LogP contribution < -0.4 is 0 Å². The van der Waals surface area contributed by atoms with E-state index in [1.165, 1.54) is 0 Å². The van der Waals surface area contributed by atoms with Crippen LogP contribution in [0.2, 0.25) is 19.6 Å². The molecular weight excluding hydrogens is 292 g/mol. The molecule has 0 atom stereocenters. The lowest BCUT2D eigenvalue weighted by molar-refractivity contribution is 0.0761. The van der Waals surface area contributed by atoms with Crippen molar-refractivity contribution in [3.8, 4) is 0 Å². The molecule has 3 nitrogen and oxygen atoms in total. The minimum Gasteiger partial charge on any atom is -0.542 e. The predicted octanol–water partition coefficient (Wildman–Crippen LogP) is 5.22. The van der Waals surface area contributed by atoms with Gasteiger partial charge in [-0.3, -0.25) is 0 Å². The summed E-state index contributed by atoms with van der Waals surface area (Å²) in [5.41, 5.74) is 0.909. The van der Waals surface area contributed by atoms with Crippen LogP contribution in [0.5, 0.6) is 0 Å². The topological polar surface area (TPSA) is 27.7 Å². The average molecular weight is 321 g/mol. The number of hydrogen-bond donors (Lipinski definition) is 0. The van der Waals surface area contributed by atoms with Crippen molar-refractivity contribution in [1.82, 2.24) is 0 Å². The molecule has 0 N–H and O–H groups in total. The molecule has 0 unspecified atom stereocenters. The molecule has 122 valence electrons. The molecule has 1 aromatic rings. The van der Waals surface area contributed by atoms with E-state index >= 15 is 0 Å². The third kappa shape index (κ3) is 9.29. The van der Waals surface area contributed by atoms with Crippen molar-refractivity contribution in [1.29, 1.82) is 0 Å². The molecule has 0 aliphatic rings. The van der Waals surface area contributed by atoms with Gasteiger partial charge in [0.25, 0.3) is 0 Å². The Bertz CT molecular complexity index is 493. The molecule has 4 heteroatoms. The Morgan fingerprint density at radius 3 is 2.27 bits per heavy atom. The molecule has 0 saturated carbocycles. The monoisotopic (exact) mass is 320 g/mol. The van der Waals surface area contributed by atoms with Crippen molar-refractivity contribution >= 4 is 8.32 Å². The fourth-order valence-electron chi connectivity index (χ4n) is 1.55. The molecule has 0 aromatic heterocycles. The van der Waals surface area contributed by atoms with Crippen LogP contribution >= 0.6 is 0 Å². The van der Waals surface area contributed by atoms with Gasteiger partial charge in [0.15, 0.2) is 0 Å². The predicted molar refractivity (Wildman–Crippen MR) is 93.7 cm³/mol. The molecule has 0 heterocycles. The highest BCUT2D eigenvalue weighted by molar-refractivity contribution is 6.70. The lowest BCUT2D eigenvalue weighted by Crippen LogP contribution is -2.24. The number of benzene rings is 1. The van der Waals surface area contributed by atoms with Crippen LogP contribution in [0.15, 0.2) is 54.7 Å². The third-order valence-corrected chi connectivity index (χ3v) is 3.22. The molecule has 0 saturated heterocycles. The van der Waals surface area contributed by atoms with Crippen molar-refractivity contribution in [2.24, 2.45) is 0 Å². The second-order valence-electron chi connectivity index (χ2n) is 7.06. The van der Waals surface area contributed by atoms with Crippen LogP contribution in [0.25, 0.3) is 0 Å². The van der Waals surface area contributed by atoms with Crippen LogP contribution in [-0.4, -0.2) is 13.9 Å². The molecule has 22 heavy (non-hydrogen) atoms. The SMILES string of the molecule is CC(C)(C)O/C=C/C(=C/OCc1ccccc1)O[Si](C)(C)C. The van der Waals surface area contributed by atoms with E-state index in [4.69, 9.17) is 13.9 Å². The van der Waals surface area contributed by atoms with E-state index in [2.05, 4.69) is 19.6 Å². The van der Waals surface area contributed by atoms with E-state index in [9.17, 15) is 0 Å². The van der Waals surface area contributed by atoms with Gasteiger partial charge in [-0.1, -0.05) is 30.3 Å². The van der Waals surface area contributed by atoms with E-state index in [0.29, 0.717) is 12.4 Å². The summed E-state index contributed by atoms with van der Waals surface area (Å²) < 4.78 is 17.2. The number of hydrogen-bond acceptors (Lipinski definition) is 3. The van der Waals surface area contributed by atoms with Gasteiger partial charge in [0.05, 0.1) is 11.9 Å². The van der Waals surface area contributed by atoms with Gasteiger partial charge in [0.1, 0.15) is 18.6 Å². The fraction of sp³-hybridized carbons (Fsp3) is 0.444. The van der Waals surface area contributed by atoms with Crippen LogP contribution in [-0.2, 0) is 20.5 Å². The summed E-state index contributed by atoms with van der Waals surface area (Å²) in [4.78, 5) is 0. The van der Waals surface area contributed by atoms with E-state index in [-0.39, 0.29) is 5.60 Å². The smallest absolute Gasteiger partial charge is 0.242 e. The Kier molecular flexibility index (Phi) is 6.75. The quantitative estimate of drug-likeness (QED) is 0.391. The summed E-state index contributed by atoms with van der Waals surface area (Å²) in [5.74, 6) is 0.694. The lowest BCUT2D eigenvalue weighted by Gasteiger charge is -2.21. The van der Waals surface area contributed by atoms with Gasteiger partial charge >= 0.3 is 0 Å². The van der Waals surface area contributed by atoms with Crippen molar-refractivity contribution < 1.29 is 13.9 Å². The minimum atomic E-state index is -1.70. The van der Waals surface area contributed by atoms with Crippen LogP contribution in [0.1, 0.15) is 26.3 Å². The van der Waals surface area contributed by atoms with Crippen LogP contribution in [0.4, 0.5) is 0 Å². The third-order valence-electron chi connectivity index (χ3n) is 2.37.